The Morgan fingerprint density at radius 3 is 2.55 bits per heavy atom. The van der Waals surface area contributed by atoms with Gasteiger partial charge in [0.1, 0.15) is 4.75 Å². The quantitative estimate of drug-likeness (QED) is 0.617. The number of benzene rings is 1. The monoisotopic (exact) mass is 294 g/mol. The van der Waals surface area contributed by atoms with Gasteiger partial charge in [-0.1, -0.05) is 23.8 Å². The Kier molecular flexibility index (Phi) is 3.73. The van der Waals surface area contributed by atoms with E-state index in [2.05, 4.69) is 6.58 Å². The summed E-state index contributed by atoms with van der Waals surface area (Å²) in [5, 5.41) is 0. The van der Waals surface area contributed by atoms with E-state index >= 15 is 0 Å². The molecule has 2 rings (SSSR count). The van der Waals surface area contributed by atoms with Crippen molar-refractivity contribution < 1.29 is 17.9 Å². The number of hydrogen-bond acceptors (Lipinski definition) is 4. The lowest BCUT2D eigenvalue weighted by atomic mass is 10.2. The number of esters is 1. The lowest BCUT2D eigenvalue weighted by Gasteiger charge is -2.14. The largest absolute Gasteiger partial charge is 0.466 e. The van der Waals surface area contributed by atoms with Crippen LogP contribution in [-0.2, 0) is 19.4 Å². The normalized spacial score (nSPS) is 25.0. The van der Waals surface area contributed by atoms with Crippen LogP contribution in [0.3, 0.4) is 0 Å². The highest BCUT2D eigenvalue weighted by molar-refractivity contribution is 7.93. The van der Waals surface area contributed by atoms with Crippen molar-refractivity contribution in [2.24, 2.45) is 5.92 Å². The number of aryl methyl sites for hydroxylation is 1. The van der Waals surface area contributed by atoms with Gasteiger partial charge in [-0.2, -0.15) is 0 Å². The third-order valence-corrected chi connectivity index (χ3v) is 6.21. The first kappa shape index (κ1) is 14.8. The first-order valence-electron chi connectivity index (χ1n) is 6.50. The van der Waals surface area contributed by atoms with Crippen LogP contribution in [0.2, 0.25) is 0 Å². The van der Waals surface area contributed by atoms with E-state index in [1.807, 2.05) is 6.92 Å². The van der Waals surface area contributed by atoms with Crippen molar-refractivity contribution in [3.8, 4) is 0 Å². The van der Waals surface area contributed by atoms with Crippen LogP contribution in [0.1, 0.15) is 18.9 Å². The van der Waals surface area contributed by atoms with Gasteiger partial charge in [-0.3, -0.25) is 4.79 Å². The Morgan fingerprint density at radius 2 is 2.05 bits per heavy atom. The number of ether oxygens (including phenoxy) is 1. The third kappa shape index (κ3) is 2.16. The summed E-state index contributed by atoms with van der Waals surface area (Å²) < 4.78 is 29.1. The van der Waals surface area contributed by atoms with Gasteiger partial charge in [0.05, 0.1) is 17.4 Å². The highest BCUT2D eigenvalue weighted by atomic mass is 32.2. The maximum absolute atomic E-state index is 12.7. The van der Waals surface area contributed by atoms with Crippen molar-refractivity contribution in [1.29, 1.82) is 0 Å². The predicted molar refractivity (Wildman–Crippen MR) is 76.0 cm³/mol. The Morgan fingerprint density at radius 1 is 1.45 bits per heavy atom. The summed E-state index contributed by atoms with van der Waals surface area (Å²) in [6, 6.07) is 6.61. The van der Waals surface area contributed by atoms with Gasteiger partial charge in [0.15, 0.2) is 9.84 Å². The molecule has 0 amide bonds. The molecule has 5 heteroatoms. The molecule has 0 bridgehead atoms. The van der Waals surface area contributed by atoms with Crippen molar-refractivity contribution in [3.05, 3.63) is 42.5 Å². The summed E-state index contributed by atoms with van der Waals surface area (Å²) in [6.45, 7) is 7.44. The first-order valence-corrected chi connectivity index (χ1v) is 7.99. The van der Waals surface area contributed by atoms with Crippen LogP contribution in [0.5, 0.6) is 0 Å². The molecule has 20 heavy (non-hydrogen) atoms. The summed E-state index contributed by atoms with van der Waals surface area (Å²) in [6.07, 6.45) is 1.61. The lowest BCUT2D eigenvalue weighted by Crippen LogP contribution is -2.27. The van der Waals surface area contributed by atoms with Gasteiger partial charge in [0, 0.05) is 0 Å². The Hall–Kier alpha value is -1.62. The molecule has 1 saturated carbocycles. The average Bonchev–Trinajstić information content (AvgIpc) is 3.16. The molecular weight excluding hydrogens is 276 g/mol. The SMILES string of the molecule is C=CC1(S(=O)(=O)c2ccc(C)cc2)CC1C(=O)OCC. The number of carbonyl (C=O) groups is 1. The van der Waals surface area contributed by atoms with Gasteiger partial charge < -0.3 is 4.74 Å². The molecule has 1 aliphatic rings. The van der Waals surface area contributed by atoms with Crippen LogP contribution in [0.15, 0.2) is 41.8 Å². The van der Waals surface area contributed by atoms with E-state index in [-0.39, 0.29) is 17.9 Å². The van der Waals surface area contributed by atoms with Gasteiger partial charge in [-0.05, 0) is 32.4 Å². The number of carbonyl (C=O) groups excluding carboxylic acids is 1. The molecule has 1 fully saturated rings. The zero-order valence-electron chi connectivity index (χ0n) is 11.6. The van der Waals surface area contributed by atoms with Crippen molar-refractivity contribution in [3.63, 3.8) is 0 Å². The Labute approximate surface area is 119 Å². The van der Waals surface area contributed by atoms with Crippen molar-refractivity contribution in [2.45, 2.75) is 29.9 Å². The zero-order chi connectivity index (χ0) is 15.0. The fourth-order valence-corrected chi connectivity index (χ4v) is 4.36. The minimum atomic E-state index is -3.63. The molecule has 2 atom stereocenters. The lowest BCUT2D eigenvalue weighted by molar-refractivity contribution is -0.144. The summed E-state index contributed by atoms with van der Waals surface area (Å²) in [5.41, 5.74) is 0.981. The van der Waals surface area contributed by atoms with Gasteiger partial charge >= 0.3 is 5.97 Å². The van der Waals surface area contributed by atoms with Gasteiger partial charge in [0.2, 0.25) is 0 Å². The van der Waals surface area contributed by atoms with Gasteiger partial charge in [0.25, 0.3) is 0 Å². The fourth-order valence-electron chi connectivity index (χ4n) is 2.35. The van der Waals surface area contributed by atoms with E-state index in [1.54, 1.807) is 31.2 Å². The van der Waals surface area contributed by atoms with E-state index < -0.39 is 26.5 Å². The average molecular weight is 294 g/mol. The summed E-state index contributed by atoms with van der Waals surface area (Å²) in [7, 11) is -3.63. The van der Waals surface area contributed by atoms with Gasteiger partial charge in [-0.25, -0.2) is 8.42 Å². The predicted octanol–water partition coefficient (Wildman–Crippen LogP) is 2.28. The van der Waals surface area contributed by atoms with E-state index in [4.69, 9.17) is 4.74 Å². The standard InChI is InChI=1S/C15H18O4S/c1-4-15(10-13(15)14(16)19-5-2)20(17,18)12-8-6-11(3)7-9-12/h4,6-9,13H,1,5,10H2,2-3H3. The topological polar surface area (TPSA) is 60.4 Å². The molecule has 1 aromatic carbocycles. The van der Waals surface area contributed by atoms with E-state index in [1.165, 1.54) is 6.08 Å². The fraction of sp³-hybridized carbons (Fsp3) is 0.400. The maximum Gasteiger partial charge on any atom is 0.310 e. The molecule has 1 aliphatic carbocycles. The van der Waals surface area contributed by atoms with Crippen LogP contribution < -0.4 is 0 Å². The van der Waals surface area contributed by atoms with Crippen molar-refractivity contribution in [1.82, 2.24) is 0 Å². The Balaban J connectivity index is 2.36. The molecule has 0 aliphatic heterocycles. The van der Waals surface area contributed by atoms with Crippen LogP contribution in [0, 0.1) is 12.8 Å². The van der Waals surface area contributed by atoms with Crippen molar-refractivity contribution in [2.75, 3.05) is 6.61 Å². The molecule has 0 aromatic heterocycles. The molecule has 108 valence electrons. The van der Waals surface area contributed by atoms with Crippen molar-refractivity contribution >= 4 is 15.8 Å². The number of rotatable bonds is 5. The second-order valence-corrected chi connectivity index (χ2v) is 7.22. The van der Waals surface area contributed by atoms with E-state index in [9.17, 15) is 13.2 Å². The van der Waals surface area contributed by atoms with Gasteiger partial charge in [-0.15, -0.1) is 6.58 Å². The number of hydrogen-bond donors (Lipinski definition) is 0. The molecule has 0 heterocycles. The van der Waals surface area contributed by atoms with Crippen LogP contribution in [-0.4, -0.2) is 25.7 Å². The molecule has 2 unspecified atom stereocenters. The summed E-state index contributed by atoms with van der Waals surface area (Å²) in [5.74, 6) is -1.12. The molecule has 0 spiro atoms. The molecule has 0 saturated heterocycles. The summed E-state index contributed by atoms with van der Waals surface area (Å²) >= 11 is 0. The van der Waals surface area contributed by atoms with Crippen LogP contribution >= 0.6 is 0 Å². The second kappa shape index (κ2) is 5.05. The minimum Gasteiger partial charge on any atom is -0.466 e. The highest BCUT2D eigenvalue weighted by Crippen LogP contribution is 2.54. The van der Waals surface area contributed by atoms with Crippen LogP contribution in [0.25, 0.3) is 0 Å². The number of sulfone groups is 1. The smallest absolute Gasteiger partial charge is 0.310 e. The third-order valence-electron chi connectivity index (χ3n) is 3.70. The second-order valence-electron chi connectivity index (χ2n) is 4.98. The zero-order valence-corrected chi connectivity index (χ0v) is 12.4. The molecular formula is C15H18O4S. The molecule has 1 aromatic rings. The minimum absolute atomic E-state index is 0.217. The molecule has 0 N–H and O–H groups in total. The highest BCUT2D eigenvalue weighted by Gasteiger charge is 2.66. The first-order chi connectivity index (χ1) is 9.39. The van der Waals surface area contributed by atoms with Crippen LogP contribution in [0.4, 0.5) is 0 Å². The summed E-state index contributed by atoms with van der Waals surface area (Å²) in [4.78, 5) is 12.0. The molecule has 0 radical (unpaired) electrons. The van der Waals surface area contributed by atoms with E-state index in [0.29, 0.717) is 0 Å². The molecule has 4 nitrogen and oxygen atoms in total. The maximum atomic E-state index is 12.7. The Bertz CT molecular complexity index is 630. The van der Waals surface area contributed by atoms with E-state index in [0.717, 1.165) is 5.56 Å².